The molecule has 0 aliphatic carbocycles. The predicted molar refractivity (Wildman–Crippen MR) is 239 cm³/mol. The first-order chi connectivity index (χ1) is 26.3. The maximum Gasteiger partial charge on any atom is 0.407 e. The van der Waals surface area contributed by atoms with Crippen molar-refractivity contribution in [2.24, 2.45) is 0 Å². The summed E-state index contributed by atoms with van der Waals surface area (Å²) in [6, 6.07) is 0.844. The third-order valence-electron chi connectivity index (χ3n) is 12.3. The largest absolute Gasteiger partial charge is 0.450 e. The molecule has 2 aromatic rings. The molecule has 0 radical (unpaired) electrons. The van der Waals surface area contributed by atoms with Crippen LogP contribution in [0.15, 0.2) is 17.4 Å². The number of hydrogen-bond donors (Lipinski definition) is 2. The quantitative estimate of drug-likeness (QED) is 0.0868. The molecule has 1 fully saturated rings. The van der Waals surface area contributed by atoms with Gasteiger partial charge in [0.05, 0.1) is 32.7 Å². The van der Waals surface area contributed by atoms with Crippen LogP contribution < -0.4 is 16.2 Å². The fraction of sp³-hybridized carbons (Fsp3) is 0.821. The number of ether oxygens (including phenoxy) is 3. The highest BCUT2D eigenvalue weighted by Crippen LogP contribution is 2.47. The summed E-state index contributed by atoms with van der Waals surface area (Å²) >= 11 is 0. The molecule has 0 saturated carbocycles. The summed E-state index contributed by atoms with van der Waals surface area (Å²) < 4.78 is 42.3. The normalized spacial score (nSPS) is 20.1. The van der Waals surface area contributed by atoms with Crippen molar-refractivity contribution in [2.75, 3.05) is 33.1 Å². The summed E-state index contributed by atoms with van der Waals surface area (Å²) in [5.74, 6) is -0.427. The van der Waals surface area contributed by atoms with E-state index < -0.39 is 69.6 Å². The van der Waals surface area contributed by atoms with Gasteiger partial charge in [-0.25, -0.2) is 14.8 Å². The maximum atomic E-state index is 13.8. The topological polar surface area (TPSA) is 166 Å². The monoisotopic (exact) mass is 884 g/mol. The third kappa shape index (κ3) is 13.1. The Balaban J connectivity index is 1.83. The fourth-order valence-electron chi connectivity index (χ4n) is 5.25. The first-order valence-corrected chi connectivity index (χ1v) is 33.0. The van der Waals surface area contributed by atoms with E-state index in [0.717, 1.165) is 6.04 Å². The number of aromatic nitrogens is 4. The predicted octanol–water partition coefficient (Wildman–Crippen LogP) is 7.45. The lowest BCUT2D eigenvalue weighted by Gasteiger charge is -2.44. The van der Waals surface area contributed by atoms with Gasteiger partial charge >= 0.3 is 6.09 Å². The molecule has 0 unspecified atom stereocenters. The molecule has 332 valence electrons. The Morgan fingerprint density at radius 2 is 1.34 bits per heavy atom. The molecular weight excluding hydrogens is 809 g/mol. The van der Waals surface area contributed by atoms with E-state index in [1.54, 1.807) is 6.33 Å². The fourth-order valence-corrected chi connectivity index (χ4v) is 9.58. The number of amides is 2. The Morgan fingerprint density at radius 1 is 0.776 bits per heavy atom. The Bertz CT molecular complexity index is 1760. The van der Waals surface area contributed by atoms with E-state index in [4.69, 9.17) is 32.5 Å². The van der Waals surface area contributed by atoms with E-state index in [1.165, 1.54) is 10.9 Å². The number of imidazole rings is 1. The van der Waals surface area contributed by atoms with Crippen molar-refractivity contribution in [1.29, 1.82) is 0 Å². The SMILES string of the molecule is CC(C)(C)[Si](C)(C)OC[C@H]1O[C@@H](n2cnc3c(=O)n(CCOCNC(=O)CNC(=O)OCC[Si](C)(C)C)cnc32)[C@H](O[Si](C)(C)C(C)(C)C)[C@@H]1O[Si](C)(C)C(C)(C)C. The minimum Gasteiger partial charge on any atom is -0.450 e. The smallest absolute Gasteiger partial charge is 0.407 e. The summed E-state index contributed by atoms with van der Waals surface area (Å²) in [4.78, 5) is 47.1. The van der Waals surface area contributed by atoms with Crippen LogP contribution in [0.2, 0.25) is 80.1 Å². The Hall–Kier alpha value is -2.24. The van der Waals surface area contributed by atoms with Crippen molar-refractivity contribution in [1.82, 2.24) is 29.7 Å². The second-order valence-electron chi connectivity index (χ2n) is 21.3. The van der Waals surface area contributed by atoms with Gasteiger partial charge < -0.3 is 38.1 Å². The van der Waals surface area contributed by atoms with Gasteiger partial charge in [0, 0.05) is 8.07 Å². The zero-order chi connectivity index (χ0) is 44.3. The van der Waals surface area contributed by atoms with Gasteiger partial charge in [0.15, 0.2) is 42.3 Å². The van der Waals surface area contributed by atoms with Crippen molar-refractivity contribution in [3.05, 3.63) is 23.0 Å². The van der Waals surface area contributed by atoms with Crippen LogP contribution in [0, 0.1) is 0 Å². The summed E-state index contributed by atoms with van der Waals surface area (Å²) in [6.07, 6.45) is 0.364. The number of carbonyl (C=O) groups is 2. The van der Waals surface area contributed by atoms with E-state index >= 15 is 0 Å². The first-order valence-electron chi connectivity index (χ1n) is 20.6. The summed E-state index contributed by atoms with van der Waals surface area (Å²) in [7, 11) is -8.25. The highest BCUT2D eigenvalue weighted by molar-refractivity contribution is 6.76. The molecule has 1 aliphatic heterocycles. The van der Waals surface area contributed by atoms with Crippen molar-refractivity contribution >= 4 is 56.2 Å². The van der Waals surface area contributed by atoms with Gasteiger partial charge in [0.2, 0.25) is 5.91 Å². The average molecular weight is 885 g/mol. The number of fused-ring (bicyclic) bond motifs is 1. The highest BCUT2D eigenvalue weighted by atomic mass is 28.4. The van der Waals surface area contributed by atoms with Gasteiger partial charge in [0.25, 0.3) is 5.56 Å². The Kier molecular flexibility index (Phi) is 16.2. The summed E-state index contributed by atoms with van der Waals surface area (Å²) in [5, 5.41) is 4.86. The number of nitrogens with one attached hydrogen (secondary N) is 2. The van der Waals surface area contributed by atoms with Crippen LogP contribution >= 0.6 is 0 Å². The molecule has 4 atom stereocenters. The van der Waals surface area contributed by atoms with Crippen LogP contribution in [0.5, 0.6) is 0 Å². The molecule has 2 N–H and O–H groups in total. The number of rotatable bonds is 18. The van der Waals surface area contributed by atoms with E-state index in [2.05, 4.69) is 137 Å². The zero-order valence-electron chi connectivity index (χ0n) is 38.9. The second kappa shape index (κ2) is 18.8. The molecule has 3 heterocycles. The standard InChI is InChI=1S/C39H76N6O9Si4/c1-37(2,3)56(13,14)51-24-28-31(53-57(15,16)38(4,5)6)32(54-58(17,18)39(7,8)9)35(52-28)45-26-41-30-33(45)42-25-44(34(30)47)19-20-49-27-43-29(46)23-40-36(48)50-21-22-55(10,11)12/h25-26,28,31-32,35H,19-24,27H2,1-18H3,(H,40,48)(H,43,46)/t28-,31-,32-,35-/m1/s1. The summed E-state index contributed by atoms with van der Waals surface area (Å²) in [6.45, 7) is 40.6. The average Bonchev–Trinajstić information content (AvgIpc) is 3.62. The van der Waals surface area contributed by atoms with E-state index in [1.807, 2.05) is 4.57 Å². The Morgan fingerprint density at radius 3 is 1.90 bits per heavy atom. The van der Waals surface area contributed by atoms with Crippen LogP contribution in [0.4, 0.5) is 4.79 Å². The van der Waals surface area contributed by atoms with Gasteiger partial charge in [-0.2, -0.15) is 0 Å². The van der Waals surface area contributed by atoms with E-state index in [-0.39, 0.29) is 52.6 Å². The lowest BCUT2D eigenvalue weighted by molar-refractivity contribution is -0.121. The number of carbonyl (C=O) groups excluding carboxylic acids is 2. The van der Waals surface area contributed by atoms with E-state index in [9.17, 15) is 14.4 Å². The number of hydrogen-bond acceptors (Lipinski definition) is 11. The van der Waals surface area contributed by atoms with Gasteiger partial charge in [0.1, 0.15) is 37.9 Å². The van der Waals surface area contributed by atoms with Gasteiger partial charge in [-0.05, 0) is 60.4 Å². The molecule has 2 aromatic heterocycles. The molecular formula is C39H76N6O9Si4. The van der Waals surface area contributed by atoms with Crippen molar-refractivity contribution in [2.45, 2.75) is 173 Å². The lowest BCUT2D eigenvalue weighted by atomic mass is 10.1. The van der Waals surface area contributed by atoms with Crippen LogP contribution in [-0.2, 0) is 38.8 Å². The molecule has 58 heavy (non-hydrogen) atoms. The second-order valence-corrected chi connectivity index (χ2v) is 41.3. The molecule has 19 heteroatoms. The van der Waals surface area contributed by atoms with Crippen molar-refractivity contribution in [3.8, 4) is 0 Å². The maximum absolute atomic E-state index is 13.8. The Labute approximate surface area is 351 Å². The zero-order valence-corrected chi connectivity index (χ0v) is 42.9. The molecule has 0 aromatic carbocycles. The van der Waals surface area contributed by atoms with Gasteiger partial charge in [-0.1, -0.05) is 82.0 Å². The minimum absolute atomic E-state index is 0.00242. The molecule has 0 spiro atoms. The van der Waals surface area contributed by atoms with Gasteiger partial charge in [-0.15, -0.1) is 0 Å². The van der Waals surface area contributed by atoms with E-state index in [0.29, 0.717) is 18.9 Å². The minimum atomic E-state index is -2.40. The highest BCUT2D eigenvalue weighted by Gasteiger charge is 2.55. The lowest BCUT2D eigenvalue weighted by Crippen LogP contribution is -2.54. The molecule has 15 nitrogen and oxygen atoms in total. The molecule has 1 aliphatic rings. The summed E-state index contributed by atoms with van der Waals surface area (Å²) in [5.41, 5.74) is 0.239. The third-order valence-corrected chi connectivity index (χ3v) is 27.5. The van der Waals surface area contributed by atoms with Crippen LogP contribution in [0.3, 0.4) is 0 Å². The van der Waals surface area contributed by atoms with Gasteiger partial charge in [-0.3, -0.25) is 18.7 Å². The molecule has 3 rings (SSSR count). The first kappa shape index (κ1) is 50.1. The molecule has 0 bridgehead atoms. The van der Waals surface area contributed by atoms with Crippen molar-refractivity contribution in [3.63, 3.8) is 0 Å². The number of alkyl carbamates (subject to hydrolysis) is 1. The van der Waals surface area contributed by atoms with Crippen molar-refractivity contribution < 1.29 is 37.1 Å². The number of nitrogens with zero attached hydrogens (tertiary/aromatic N) is 4. The molecule has 2 amide bonds. The molecule has 1 saturated heterocycles. The van der Waals surface area contributed by atoms with Crippen LogP contribution in [-0.4, -0.2) is 116 Å². The van der Waals surface area contributed by atoms with Crippen LogP contribution in [0.1, 0.15) is 68.5 Å². The van der Waals surface area contributed by atoms with Crippen LogP contribution in [0.25, 0.3) is 11.2 Å².